The summed E-state index contributed by atoms with van der Waals surface area (Å²) in [7, 11) is 0. The topological polar surface area (TPSA) is 101 Å². The molecule has 8 nitrogen and oxygen atoms in total. The first-order valence-corrected chi connectivity index (χ1v) is 12.6. The number of fused-ring (bicyclic) bond motifs is 1. The number of imidazole rings is 1. The molecule has 2 N–H and O–H groups in total. The van der Waals surface area contributed by atoms with Crippen molar-refractivity contribution in [2.45, 2.75) is 45.1 Å². The van der Waals surface area contributed by atoms with Crippen molar-refractivity contribution >= 4 is 17.1 Å². The van der Waals surface area contributed by atoms with Crippen LogP contribution in [-0.2, 0) is 6.54 Å². The number of rotatable bonds is 6. The van der Waals surface area contributed by atoms with Crippen molar-refractivity contribution < 1.29 is 13.6 Å². The minimum Gasteiger partial charge on any atom is -0.347 e. The molecule has 10 heteroatoms. The number of aryl methyl sites for hydroxylation is 1. The standard InChI is InChI=1S/C28H25F2N7O/c1-16-23(14-37(36-16)22-8-6-20(29)7-9-22)19-10-17(11-21(30)12-19)13-31-28(38)25-24-27(33-15-32-25)35-26(34-24)18-4-2-3-5-18/h6-12,14-15,18H,2-5,13H2,1H3,(H,31,38)(H,32,33,34,35). The molecule has 1 aliphatic rings. The Hall–Kier alpha value is -4.47. The number of hydrogen-bond donors (Lipinski definition) is 2. The van der Waals surface area contributed by atoms with E-state index in [2.05, 4.69) is 30.4 Å². The highest BCUT2D eigenvalue weighted by atomic mass is 19.1. The monoisotopic (exact) mass is 513 g/mol. The number of aromatic nitrogens is 6. The Bertz CT molecular complexity index is 1640. The number of nitrogens with zero attached hydrogens (tertiary/aromatic N) is 5. The number of carbonyl (C=O) groups excluding carboxylic acids is 1. The molecule has 1 fully saturated rings. The quantitative estimate of drug-likeness (QED) is 0.318. The van der Waals surface area contributed by atoms with E-state index in [1.807, 2.05) is 13.0 Å². The lowest BCUT2D eigenvalue weighted by molar-refractivity contribution is 0.0947. The highest BCUT2D eigenvalue weighted by Gasteiger charge is 2.23. The van der Waals surface area contributed by atoms with Crippen molar-refractivity contribution in [1.82, 2.24) is 35.0 Å². The minimum absolute atomic E-state index is 0.101. The Balaban J connectivity index is 1.22. The zero-order valence-corrected chi connectivity index (χ0v) is 20.7. The van der Waals surface area contributed by atoms with Gasteiger partial charge in [0.2, 0.25) is 0 Å². The third kappa shape index (κ3) is 4.65. The van der Waals surface area contributed by atoms with Gasteiger partial charge in [-0.05, 0) is 73.4 Å². The van der Waals surface area contributed by atoms with Crippen LogP contribution in [0.5, 0.6) is 0 Å². The molecule has 0 aliphatic heterocycles. The molecule has 1 amide bonds. The third-order valence-electron chi connectivity index (χ3n) is 6.98. The van der Waals surface area contributed by atoms with E-state index in [1.54, 1.807) is 23.0 Å². The van der Waals surface area contributed by atoms with Gasteiger partial charge in [0.15, 0.2) is 11.3 Å². The summed E-state index contributed by atoms with van der Waals surface area (Å²) in [4.78, 5) is 29.3. The van der Waals surface area contributed by atoms with E-state index < -0.39 is 11.7 Å². The van der Waals surface area contributed by atoms with Crippen molar-refractivity contribution in [2.24, 2.45) is 0 Å². The van der Waals surface area contributed by atoms with Crippen molar-refractivity contribution in [3.8, 4) is 16.8 Å². The van der Waals surface area contributed by atoms with Crippen LogP contribution in [0.3, 0.4) is 0 Å². The molecule has 0 saturated heterocycles. The van der Waals surface area contributed by atoms with Crippen LogP contribution in [0.2, 0.25) is 0 Å². The van der Waals surface area contributed by atoms with Crippen molar-refractivity contribution in [2.75, 3.05) is 0 Å². The molecular weight excluding hydrogens is 488 g/mol. The number of nitrogens with one attached hydrogen (secondary N) is 2. The van der Waals surface area contributed by atoms with Gasteiger partial charge in [-0.25, -0.2) is 28.4 Å². The van der Waals surface area contributed by atoms with Crippen LogP contribution in [0.1, 0.15) is 59.2 Å². The lowest BCUT2D eigenvalue weighted by Gasteiger charge is -2.08. The summed E-state index contributed by atoms with van der Waals surface area (Å²) in [5, 5.41) is 7.34. The van der Waals surface area contributed by atoms with Gasteiger partial charge in [0.05, 0.1) is 11.4 Å². The van der Waals surface area contributed by atoms with Gasteiger partial charge in [-0.1, -0.05) is 12.8 Å². The smallest absolute Gasteiger partial charge is 0.272 e. The fourth-order valence-electron chi connectivity index (χ4n) is 5.05. The second kappa shape index (κ2) is 9.77. The van der Waals surface area contributed by atoms with Crippen LogP contribution in [0.25, 0.3) is 28.0 Å². The summed E-state index contributed by atoms with van der Waals surface area (Å²) in [5.41, 5.74) is 4.51. The Morgan fingerprint density at radius 2 is 1.87 bits per heavy atom. The summed E-state index contributed by atoms with van der Waals surface area (Å²) >= 11 is 0. The van der Waals surface area contributed by atoms with E-state index in [1.165, 1.54) is 43.4 Å². The van der Waals surface area contributed by atoms with Crippen LogP contribution in [0.15, 0.2) is 55.0 Å². The normalized spacial score (nSPS) is 13.9. The highest BCUT2D eigenvalue weighted by molar-refractivity contribution is 6.02. The maximum absolute atomic E-state index is 14.6. The van der Waals surface area contributed by atoms with Gasteiger partial charge in [-0.2, -0.15) is 5.10 Å². The van der Waals surface area contributed by atoms with Gasteiger partial charge in [-0.3, -0.25) is 4.79 Å². The zero-order chi connectivity index (χ0) is 26.2. The van der Waals surface area contributed by atoms with E-state index in [0.717, 1.165) is 24.2 Å². The summed E-state index contributed by atoms with van der Waals surface area (Å²) in [6.45, 7) is 1.93. The summed E-state index contributed by atoms with van der Waals surface area (Å²) in [6, 6.07) is 10.6. The Morgan fingerprint density at radius 1 is 1.08 bits per heavy atom. The molecule has 192 valence electrons. The molecule has 38 heavy (non-hydrogen) atoms. The van der Waals surface area contributed by atoms with Gasteiger partial charge in [0, 0.05) is 24.2 Å². The van der Waals surface area contributed by atoms with E-state index in [4.69, 9.17) is 0 Å². The van der Waals surface area contributed by atoms with Crippen LogP contribution in [0.4, 0.5) is 8.78 Å². The first kappa shape index (κ1) is 23.9. The van der Waals surface area contributed by atoms with Crippen LogP contribution >= 0.6 is 0 Å². The van der Waals surface area contributed by atoms with Gasteiger partial charge in [-0.15, -0.1) is 0 Å². The largest absolute Gasteiger partial charge is 0.347 e. The number of aromatic amines is 1. The first-order valence-electron chi connectivity index (χ1n) is 12.6. The fraction of sp³-hybridized carbons (Fsp3) is 0.250. The molecule has 0 spiro atoms. The minimum atomic E-state index is -0.431. The maximum Gasteiger partial charge on any atom is 0.272 e. The lowest BCUT2D eigenvalue weighted by Crippen LogP contribution is -2.24. The van der Waals surface area contributed by atoms with Crippen LogP contribution < -0.4 is 5.32 Å². The van der Waals surface area contributed by atoms with Gasteiger partial charge < -0.3 is 10.3 Å². The Kier molecular flexibility index (Phi) is 6.15. The molecular formula is C28H25F2N7O. The Morgan fingerprint density at radius 3 is 2.66 bits per heavy atom. The van der Waals surface area contributed by atoms with Gasteiger partial charge in [0.1, 0.15) is 29.3 Å². The van der Waals surface area contributed by atoms with Gasteiger partial charge >= 0.3 is 0 Å². The molecule has 0 unspecified atom stereocenters. The van der Waals surface area contributed by atoms with Crippen molar-refractivity contribution in [3.05, 3.63) is 89.4 Å². The highest BCUT2D eigenvalue weighted by Crippen LogP contribution is 2.33. The number of carbonyl (C=O) groups is 1. The third-order valence-corrected chi connectivity index (χ3v) is 6.98. The van der Waals surface area contributed by atoms with E-state index in [9.17, 15) is 13.6 Å². The molecule has 5 aromatic rings. The number of benzene rings is 2. The van der Waals surface area contributed by atoms with E-state index in [0.29, 0.717) is 39.6 Å². The SMILES string of the molecule is Cc1nn(-c2ccc(F)cc2)cc1-c1cc(F)cc(CNC(=O)c2ncnc3nc(C4CCCC4)[nH]c23)c1. The number of amides is 1. The van der Waals surface area contributed by atoms with Crippen LogP contribution in [-0.4, -0.2) is 35.6 Å². The van der Waals surface area contributed by atoms with Crippen molar-refractivity contribution in [1.29, 1.82) is 0 Å². The summed E-state index contributed by atoms with van der Waals surface area (Å²) < 4.78 is 29.5. The average molecular weight is 514 g/mol. The first-order chi connectivity index (χ1) is 18.4. The fourth-order valence-corrected chi connectivity index (χ4v) is 5.05. The second-order valence-corrected chi connectivity index (χ2v) is 9.60. The van der Waals surface area contributed by atoms with Crippen molar-refractivity contribution in [3.63, 3.8) is 0 Å². The summed E-state index contributed by atoms with van der Waals surface area (Å²) in [6.07, 6.45) is 7.58. The molecule has 0 bridgehead atoms. The lowest BCUT2D eigenvalue weighted by atomic mass is 10.0. The van der Waals surface area contributed by atoms with E-state index >= 15 is 0 Å². The summed E-state index contributed by atoms with van der Waals surface area (Å²) in [5.74, 6) is 0.0317. The molecule has 6 rings (SSSR count). The second-order valence-electron chi connectivity index (χ2n) is 9.60. The molecule has 3 heterocycles. The predicted octanol–water partition coefficient (Wildman–Crippen LogP) is 5.38. The number of H-pyrrole nitrogens is 1. The number of hydrogen-bond acceptors (Lipinski definition) is 5. The van der Waals surface area contributed by atoms with Gasteiger partial charge in [0.25, 0.3) is 5.91 Å². The van der Waals surface area contributed by atoms with Crippen LogP contribution in [0, 0.1) is 18.6 Å². The molecule has 3 aromatic heterocycles. The molecule has 1 saturated carbocycles. The number of halogens is 2. The maximum atomic E-state index is 14.6. The molecule has 0 atom stereocenters. The molecule has 0 radical (unpaired) electrons. The zero-order valence-electron chi connectivity index (χ0n) is 20.7. The Labute approximate surface area is 217 Å². The molecule has 2 aromatic carbocycles. The van der Waals surface area contributed by atoms with E-state index in [-0.39, 0.29) is 18.1 Å². The molecule has 1 aliphatic carbocycles. The average Bonchev–Trinajstić information content (AvgIpc) is 3.66. The predicted molar refractivity (Wildman–Crippen MR) is 138 cm³/mol.